The number of aliphatic hydroxyl groups is 1. The molecule has 0 radical (unpaired) electrons. The first-order chi connectivity index (χ1) is 34.3. The van der Waals surface area contributed by atoms with E-state index in [4.69, 9.17) is 40.1 Å². The summed E-state index contributed by atoms with van der Waals surface area (Å²) in [5, 5.41) is 37.5. The van der Waals surface area contributed by atoms with E-state index in [0.29, 0.717) is 44.3 Å². The van der Waals surface area contributed by atoms with Crippen molar-refractivity contribution in [3.63, 3.8) is 0 Å². The number of hydrogen-bond donors (Lipinski definition) is 17. The first kappa shape index (κ1) is 61.3. The van der Waals surface area contributed by atoms with E-state index in [1.165, 1.54) is 30.4 Å². The second-order valence-corrected chi connectivity index (χ2v) is 17.1. The van der Waals surface area contributed by atoms with Crippen LogP contribution in [0.25, 0.3) is 0 Å². The summed E-state index contributed by atoms with van der Waals surface area (Å²) in [7, 11) is 0. The minimum Gasteiger partial charge on any atom is -0.477 e. The number of H-pyrrole nitrogens is 1. The minimum absolute atomic E-state index is 0.0425. The lowest BCUT2D eigenvalue weighted by atomic mass is 10.1. The van der Waals surface area contributed by atoms with E-state index in [1.54, 1.807) is 0 Å². The summed E-state index contributed by atoms with van der Waals surface area (Å²) < 4.78 is 0. The van der Waals surface area contributed by atoms with Gasteiger partial charge in [0, 0.05) is 37.9 Å². The molecule has 24 N–H and O–H groups in total. The first-order valence-electron chi connectivity index (χ1n) is 23.9. The molecule has 2 heterocycles. The molecule has 29 heteroatoms. The largest absolute Gasteiger partial charge is 0.477 e. The Morgan fingerprint density at radius 3 is 2.10 bits per heavy atom. The molecule has 0 bridgehead atoms. The molecule has 1 aliphatic rings. The van der Waals surface area contributed by atoms with Crippen LogP contribution in [0, 0.1) is 0 Å². The lowest BCUT2D eigenvalue weighted by Crippen LogP contribution is -2.60. The van der Waals surface area contributed by atoms with Crippen molar-refractivity contribution in [1.29, 1.82) is 0 Å². The predicted molar refractivity (Wildman–Crippen MR) is 262 cm³/mol. The molecule has 0 aromatic carbocycles. The zero-order valence-electron chi connectivity index (χ0n) is 40.7. The molecule has 404 valence electrons. The molecule has 1 aromatic heterocycles. The molecule has 0 saturated carbocycles. The summed E-state index contributed by atoms with van der Waals surface area (Å²) in [5.41, 5.74) is 39.0. The summed E-state index contributed by atoms with van der Waals surface area (Å²) in [6, 6.07) is -8.80. The van der Waals surface area contributed by atoms with E-state index < -0.39 is 120 Å². The van der Waals surface area contributed by atoms with Gasteiger partial charge in [-0.25, -0.2) is 9.78 Å². The lowest BCUT2D eigenvalue weighted by Gasteiger charge is -2.30. The van der Waals surface area contributed by atoms with E-state index in [9.17, 15) is 53.4 Å². The third kappa shape index (κ3) is 21.7. The Balaban J connectivity index is 2.20. The molecule has 72 heavy (non-hydrogen) atoms. The van der Waals surface area contributed by atoms with Crippen molar-refractivity contribution in [3.05, 3.63) is 30.0 Å². The van der Waals surface area contributed by atoms with Gasteiger partial charge in [-0.1, -0.05) is 12.5 Å². The topological polar surface area (TPSA) is 505 Å². The van der Waals surface area contributed by atoms with Crippen LogP contribution in [0.3, 0.4) is 0 Å². The molecule has 2 rings (SSSR count). The third-order valence-electron chi connectivity index (χ3n) is 11.3. The second-order valence-electron chi connectivity index (χ2n) is 17.1. The van der Waals surface area contributed by atoms with Gasteiger partial charge in [0.2, 0.25) is 47.3 Å². The van der Waals surface area contributed by atoms with Gasteiger partial charge in [-0.15, -0.1) is 0 Å². The summed E-state index contributed by atoms with van der Waals surface area (Å²) in [5.74, 6) is -8.00. The van der Waals surface area contributed by atoms with E-state index >= 15 is 0 Å². The molecule has 8 atom stereocenters. The highest BCUT2D eigenvalue weighted by molar-refractivity contribution is 5.99. The second kappa shape index (κ2) is 33.0. The van der Waals surface area contributed by atoms with Gasteiger partial charge in [-0.05, 0) is 90.8 Å². The summed E-state index contributed by atoms with van der Waals surface area (Å²) >= 11 is 0. The van der Waals surface area contributed by atoms with Crippen LogP contribution in [0.1, 0.15) is 83.2 Å². The average molecular weight is 1020 g/mol. The van der Waals surface area contributed by atoms with Crippen molar-refractivity contribution in [2.24, 2.45) is 45.1 Å². The highest BCUT2D eigenvalue weighted by Crippen LogP contribution is 2.20. The van der Waals surface area contributed by atoms with Gasteiger partial charge in [0.25, 0.3) is 0 Å². The molecule has 1 aliphatic heterocycles. The van der Waals surface area contributed by atoms with Crippen LogP contribution in [0.5, 0.6) is 0 Å². The van der Waals surface area contributed by atoms with Crippen molar-refractivity contribution in [3.8, 4) is 0 Å². The van der Waals surface area contributed by atoms with E-state index in [0.717, 1.165) is 0 Å². The fourth-order valence-corrected chi connectivity index (χ4v) is 7.33. The number of aliphatic hydroxyl groups excluding tert-OH is 1. The number of carbonyl (C=O) groups is 9. The highest BCUT2D eigenvalue weighted by Gasteiger charge is 2.39. The molecular formula is C43H76N18O11. The number of aliphatic imine (C=N–C) groups is 1. The summed E-state index contributed by atoms with van der Waals surface area (Å²) in [6.07, 6.45) is 5.60. The molecular weight excluding hydrogens is 945 g/mol. The Morgan fingerprint density at radius 1 is 0.819 bits per heavy atom. The lowest BCUT2D eigenvalue weighted by molar-refractivity contribution is -0.142. The fourth-order valence-electron chi connectivity index (χ4n) is 7.33. The van der Waals surface area contributed by atoms with Gasteiger partial charge in [0.05, 0.1) is 25.0 Å². The summed E-state index contributed by atoms with van der Waals surface area (Å²) in [6.45, 7) is 1.19. The van der Waals surface area contributed by atoms with Gasteiger partial charge in [-0.3, -0.25) is 43.3 Å². The minimum atomic E-state index is -1.56. The van der Waals surface area contributed by atoms with Crippen LogP contribution in [0.15, 0.2) is 29.3 Å². The maximum absolute atomic E-state index is 14.1. The number of nitrogens with two attached hydrogens (primary N) is 7. The van der Waals surface area contributed by atoms with Crippen molar-refractivity contribution in [2.45, 2.75) is 132 Å². The Labute approximate surface area is 417 Å². The van der Waals surface area contributed by atoms with Crippen molar-refractivity contribution in [1.82, 2.24) is 52.1 Å². The van der Waals surface area contributed by atoms with Gasteiger partial charge < -0.3 is 97.5 Å². The number of nitrogens with zero attached hydrogens (tertiary/aromatic N) is 3. The molecule has 1 aromatic rings. The molecule has 1 fully saturated rings. The van der Waals surface area contributed by atoms with E-state index in [-0.39, 0.29) is 77.1 Å². The number of carboxylic acid groups (broad SMARTS) is 1. The van der Waals surface area contributed by atoms with Crippen LogP contribution in [0.4, 0.5) is 0 Å². The standard InChI is InChI=1S/C43H76N18O11/c1-24(55-40(69)34(32(62)20-47)60-36(65)26(48)9-2-4-14-44)35(64)53-22-33(63)56-28(11-6-16-46)41(70)61-18-8-13-31(61)39(68)59-30(19-25-21-51-23-54-25)38(67)57-27(10-3-5-15-45)37(66)58-29(42(71)72)12-7-17-52-43(49)50/h12,21,23-24,26-28,30-32,34,62H,2-11,13-20,22,44-48H2,1H3,(H,51,54)(H,53,64)(H,55,69)(H,56,63)(H,57,67)(H,58,66)(H,59,68)(H,60,65)(H,71,72)(H4,49,50,52)/b29-12-/t24-,26-,27-,28+,30-,31-,32+,34-/m0/s1. The van der Waals surface area contributed by atoms with Crippen molar-refractivity contribution >= 4 is 59.2 Å². The molecule has 0 aliphatic carbocycles. The molecule has 1 saturated heterocycles. The maximum Gasteiger partial charge on any atom is 0.352 e. The number of amides is 8. The Bertz CT molecular complexity index is 2000. The zero-order chi connectivity index (χ0) is 53.8. The number of imidazole rings is 1. The Kier molecular flexibility index (Phi) is 28.1. The smallest absolute Gasteiger partial charge is 0.352 e. The number of aromatic nitrogens is 2. The van der Waals surface area contributed by atoms with Gasteiger partial charge in [-0.2, -0.15) is 0 Å². The third-order valence-corrected chi connectivity index (χ3v) is 11.3. The number of carboxylic acids is 1. The number of nitrogens with one attached hydrogen (secondary N) is 8. The van der Waals surface area contributed by atoms with Crippen molar-refractivity contribution in [2.75, 3.05) is 45.8 Å². The van der Waals surface area contributed by atoms with Crippen LogP contribution >= 0.6 is 0 Å². The quantitative estimate of drug-likeness (QED) is 0.0132. The maximum atomic E-state index is 14.1. The fraction of sp³-hybridized carbons (Fsp3) is 0.651. The van der Waals surface area contributed by atoms with Crippen molar-refractivity contribution < 1.29 is 53.4 Å². The van der Waals surface area contributed by atoms with Gasteiger partial charge in [0.15, 0.2) is 5.96 Å². The van der Waals surface area contributed by atoms with E-state index in [2.05, 4.69) is 52.2 Å². The van der Waals surface area contributed by atoms with Crippen LogP contribution < -0.4 is 77.4 Å². The normalized spacial score (nSPS) is 16.3. The zero-order valence-corrected chi connectivity index (χ0v) is 40.7. The SMILES string of the molecule is C[C@H](NC(=O)[C@@H](NC(=O)[C@@H](N)CCCCN)[C@H](O)CN)C(=O)NCC(=O)N[C@H](CCCN)C(=O)N1CCC[C@H]1C(=O)N[C@@H](Cc1cnc[nH]1)C(=O)N[C@@H](CCCCN)C(=O)N/C(=C\CCN=C(N)N)C(=O)O. The van der Waals surface area contributed by atoms with Crippen LogP contribution in [-0.4, -0.2) is 178 Å². The number of unbranched alkanes of at least 4 members (excludes halogenated alkanes) is 2. The Hall–Kier alpha value is -6.79. The molecule has 0 spiro atoms. The van der Waals surface area contributed by atoms with Crippen LogP contribution in [-0.2, 0) is 49.6 Å². The van der Waals surface area contributed by atoms with E-state index in [1.807, 2.05) is 0 Å². The monoisotopic (exact) mass is 1020 g/mol. The van der Waals surface area contributed by atoms with Gasteiger partial charge >= 0.3 is 5.97 Å². The number of rotatable bonds is 34. The molecule has 29 nitrogen and oxygen atoms in total. The molecule has 0 unspecified atom stereocenters. The number of aliphatic carboxylic acids is 1. The molecule has 8 amide bonds. The number of likely N-dealkylation sites (tertiary alicyclic amines) is 1. The number of hydrogen-bond acceptors (Lipinski definition) is 17. The Morgan fingerprint density at radius 2 is 1.49 bits per heavy atom. The van der Waals surface area contributed by atoms with Crippen LogP contribution in [0.2, 0.25) is 0 Å². The number of carbonyl (C=O) groups excluding carboxylic acids is 8. The first-order valence-corrected chi connectivity index (χ1v) is 23.9. The van der Waals surface area contributed by atoms with Gasteiger partial charge in [0.1, 0.15) is 41.9 Å². The highest BCUT2D eigenvalue weighted by atomic mass is 16.4. The predicted octanol–water partition coefficient (Wildman–Crippen LogP) is -7.10. The number of aromatic amines is 1. The average Bonchev–Trinajstić information content (AvgIpc) is 4.06. The summed E-state index contributed by atoms with van der Waals surface area (Å²) in [4.78, 5) is 132. The number of guanidine groups is 1.